The van der Waals surface area contributed by atoms with Crippen LogP contribution in [0.1, 0.15) is 62.5 Å². The molecule has 4 bridgehead atoms. The lowest BCUT2D eigenvalue weighted by molar-refractivity contribution is -0.0609. The molecular weight excluding hydrogens is 268 g/mol. The summed E-state index contributed by atoms with van der Waals surface area (Å²) in [5.74, 6) is 3.60. The van der Waals surface area contributed by atoms with Crippen LogP contribution in [0.15, 0.2) is 30.9 Å². The van der Waals surface area contributed by atoms with Gasteiger partial charge in [-0.3, -0.25) is 0 Å². The Labute approximate surface area is 134 Å². The monoisotopic (exact) mass is 296 g/mol. The van der Waals surface area contributed by atoms with Gasteiger partial charge >= 0.3 is 0 Å². The molecule has 1 heteroatoms. The van der Waals surface area contributed by atoms with Crippen LogP contribution in [0.2, 0.25) is 0 Å². The Balaban J connectivity index is 1.74. The van der Waals surface area contributed by atoms with E-state index < -0.39 is 0 Å². The lowest BCUT2D eigenvalue weighted by atomic mass is 9.46. The van der Waals surface area contributed by atoms with Gasteiger partial charge in [-0.25, -0.2) is 0 Å². The Hall–Kier alpha value is -1.24. The van der Waals surface area contributed by atoms with E-state index >= 15 is 0 Å². The first kappa shape index (κ1) is 14.4. The van der Waals surface area contributed by atoms with E-state index in [9.17, 15) is 5.11 Å². The predicted molar refractivity (Wildman–Crippen MR) is 91.0 cm³/mol. The van der Waals surface area contributed by atoms with Gasteiger partial charge in [-0.2, -0.15) is 0 Å². The molecule has 22 heavy (non-hydrogen) atoms. The van der Waals surface area contributed by atoms with Crippen LogP contribution < -0.4 is 0 Å². The second kappa shape index (κ2) is 5.15. The number of rotatable bonds is 4. The number of benzene rings is 1. The van der Waals surface area contributed by atoms with Crippen LogP contribution in [0.25, 0.3) is 0 Å². The van der Waals surface area contributed by atoms with Gasteiger partial charge in [0.1, 0.15) is 5.75 Å². The molecule has 118 valence electrons. The summed E-state index contributed by atoms with van der Waals surface area (Å²) in [6.45, 7) is 6.36. The topological polar surface area (TPSA) is 20.2 Å². The zero-order chi connectivity index (χ0) is 15.3. The van der Waals surface area contributed by atoms with Gasteiger partial charge in [0.15, 0.2) is 0 Å². The number of hydrogen-bond acceptors (Lipinski definition) is 1. The molecule has 1 N–H and O–H groups in total. The molecule has 4 saturated carbocycles. The molecule has 0 saturated heterocycles. The summed E-state index contributed by atoms with van der Waals surface area (Å²) in [7, 11) is 0. The molecule has 4 fully saturated rings. The molecule has 1 aromatic rings. The van der Waals surface area contributed by atoms with Crippen LogP contribution in [0.4, 0.5) is 0 Å². The molecule has 0 heterocycles. The molecule has 0 aromatic heterocycles. The highest BCUT2D eigenvalue weighted by molar-refractivity contribution is 5.42. The van der Waals surface area contributed by atoms with E-state index in [1.165, 1.54) is 44.1 Å². The van der Waals surface area contributed by atoms with Gasteiger partial charge in [-0.1, -0.05) is 25.1 Å². The summed E-state index contributed by atoms with van der Waals surface area (Å²) in [5.41, 5.74) is 2.83. The highest BCUT2D eigenvalue weighted by atomic mass is 16.3. The third-order valence-electron chi connectivity index (χ3n) is 6.82. The molecule has 0 radical (unpaired) electrons. The molecule has 5 rings (SSSR count). The van der Waals surface area contributed by atoms with E-state index in [0.29, 0.717) is 17.1 Å². The van der Waals surface area contributed by atoms with Gasteiger partial charge in [0.05, 0.1) is 0 Å². The number of phenols is 1. The Morgan fingerprint density at radius 1 is 1.18 bits per heavy atom. The van der Waals surface area contributed by atoms with Crippen LogP contribution in [-0.4, -0.2) is 5.11 Å². The summed E-state index contributed by atoms with van der Waals surface area (Å²) < 4.78 is 0. The number of allylic oxidation sites excluding steroid dienone is 1. The number of aromatic hydroxyl groups is 1. The van der Waals surface area contributed by atoms with Crippen molar-refractivity contribution in [3.8, 4) is 5.75 Å². The Morgan fingerprint density at radius 3 is 2.27 bits per heavy atom. The molecule has 1 nitrogen and oxygen atoms in total. The van der Waals surface area contributed by atoms with Crippen LogP contribution in [-0.2, 0) is 6.42 Å². The molecule has 0 amide bonds. The Bertz CT molecular complexity index is 550. The summed E-state index contributed by atoms with van der Waals surface area (Å²) in [4.78, 5) is 0. The van der Waals surface area contributed by atoms with E-state index in [2.05, 4.69) is 31.7 Å². The van der Waals surface area contributed by atoms with Crippen molar-refractivity contribution in [1.82, 2.24) is 0 Å². The summed E-state index contributed by atoms with van der Waals surface area (Å²) in [6.07, 6.45) is 11.6. The van der Waals surface area contributed by atoms with Gasteiger partial charge in [0.2, 0.25) is 0 Å². The van der Waals surface area contributed by atoms with Crippen molar-refractivity contribution in [2.75, 3.05) is 0 Å². The number of hydrogen-bond donors (Lipinski definition) is 1. The van der Waals surface area contributed by atoms with Gasteiger partial charge in [0.25, 0.3) is 0 Å². The molecule has 1 unspecified atom stereocenters. The Morgan fingerprint density at radius 2 is 1.77 bits per heavy atom. The van der Waals surface area contributed by atoms with E-state index in [1.807, 2.05) is 6.07 Å². The minimum Gasteiger partial charge on any atom is -0.508 e. The first-order valence-electron chi connectivity index (χ1n) is 9.08. The van der Waals surface area contributed by atoms with Crippen molar-refractivity contribution < 1.29 is 5.11 Å². The van der Waals surface area contributed by atoms with E-state index in [1.54, 1.807) is 0 Å². The summed E-state index contributed by atoms with van der Waals surface area (Å²) >= 11 is 0. The fourth-order valence-electron chi connectivity index (χ4n) is 6.34. The van der Waals surface area contributed by atoms with Gasteiger partial charge in [-0.15, -0.1) is 6.58 Å². The minimum atomic E-state index is 0.326. The largest absolute Gasteiger partial charge is 0.508 e. The van der Waals surface area contributed by atoms with Crippen molar-refractivity contribution in [2.45, 2.75) is 57.8 Å². The maximum Gasteiger partial charge on any atom is 0.119 e. The number of phenolic OH excluding ortho intramolecular Hbond substituents is 1. The van der Waals surface area contributed by atoms with E-state index in [-0.39, 0.29) is 0 Å². The predicted octanol–water partition coefficient (Wildman–Crippen LogP) is 5.44. The van der Waals surface area contributed by atoms with E-state index in [0.717, 1.165) is 29.7 Å². The molecule has 1 atom stereocenters. The Kier molecular flexibility index (Phi) is 3.36. The minimum absolute atomic E-state index is 0.326. The van der Waals surface area contributed by atoms with Crippen molar-refractivity contribution >= 4 is 0 Å². The van der Waals surface area contributed by atoms with E-state index in [4.69, 9.17) is 0 Å². The second-order valence-corrected chi connectivity index (χ2v) is 8.24. The molecule has 4 aliphatic rings. The zero-order valence-electron chi connectivity index (χ0n) is 13.7. The average Bonchev–Trinajstić information content (AvgIpc) is 2.48. The van der Waals surface area contributed by atoms with Crippen LogP contribution in [0, 0.1) is 23.2 Å². The van der Waals surface area contributed by atoms with Crippen molar-refractivity contribution in [2.24, 2.45) is 23.2 Å². The molecular formula is C21H28O. The molecule has 0 aliphatic heterocycles. The van der Waals surface area contributed by atoms with Gasteiger partial charge < -0.3 is 5.11 Å². The van der Waals surface area contributed by atoms with Crippen molar-refractivity contribution in [3.05, 3.63) is 42.0 Å². The average molecular weight is 296 g/mol. The first-order chi connectivity index (χ1) is 10.6. The number of aryl methyl sites for hydroxylation is 1. The molecule has 0 spiro atoms. The molecule has 1 aromatic carbocycles. The van der Waals surface area contributed by atoms with Crippen LogP contribution in [0.5, 0.6) is 5.75 Å². The van der Waals surface area contributed by atoms with Crippen molar-refractivity contribution in [3.63, 3.8) is 0 Å². The first-order valence-corrected chi connectivity index (χ1v) is 9.08. The van der Waals surface area contributed by atoms with Crippen molar-refractivity contribution in [1.29, 1.82) is 0 Å². The quantitative estimate of drug-likeness (QED) is 0.733. The maximum atomic E-state index is 10.5. The normalized spacial score (nSPS) is 37.2. The lowest BCUT2D eigenvalue weighted by Crippen LogP contribution is -2.48. The second-order valence-electron chi connectivity index (χ2n) is 8.24. The fourth-order valence-corrected chi connectivity index (χ4v) is 6.34. The fraction of sp³-hybridized carbons (Fsp3) is 0.619. The highest BCUT2D eigenvalue weighted by Gasteiger charge is 2.54. The maximum absolute atomic E-state index is 10.5. The smallest absolute Gasteiger partial charge is 0.119 e. The zero-order valence-corrected chi connectivity index (χ0v) is 13.7. The lowest BCUT2D eigenvalue weighted by Gasteiger charge is -2.59. The SMILES string of the molecule is C=CC(c1cc(CC)ccc1O)C12CC3CC(CC(C3)C1)C2. The highest BCUT2D eigenvalue weighted by Crippen LogP contribution is 2.65. The third-order valence-corrected chi connectivity index (χ3v) is 6.82. The standard InChI is InChI=1S/C21H28O/c1-3-14-5-6-20(22)18(10-14)19(4-2)21-11-15-7-16(12-21)9-17(8-15)13-21/h4-6,10,15-17,19,22H,2-3,7-9,11-13H2,1H3. The van der Waals surface area contributed by atoms with Gasteiger partial charge in [-0.05, 0) is 79.7 Å². The summed E-state index contributed by atoms with van der Waals surface area (Å²) in [6, 6.07) is 6.18. The van der Waals surface area contributed by atoms with Gasteiger partial charge in [0, 0.05) is 11.5 Å². The van der Waals surface area contributed by atoms with Crippen LogP contribution in [0.3, 0.4) is 0 Å². The molecule has 4 aliphatic carbocycles. The van der Waals surface area contributed by atoms with Crippen LogP contribution >= 0.6 is 0 Å². The summed E-state index contributed by atoms with van der Waals surface area (Å²) in [5, 5.41) is 10.5. The third kappa shape index (κ3) is 2.13.